The van der Waals surface area contributed by atoms with Gasteiger partial charge >= 0.3 is 11.9 Å². The molecule has 0 saturated carbocycles. The van der Waals surface area contributed by atoms with Crippen LogP contribution in [0.1, 0.15) is 20.8 Å². The first-order valence-electron chi connectivity index (χ1n) is 8.60. The predicted molar refractivity (Wildman–Crippen MR) is 105 cm³/mol. The number of para-hydroxylation sites is 1. The zero-order valence-electron chi connectivity index (χ0n) is 16.3. The van der Waals surface area contributed by atoms with Gasteiger partial charge in [0.05, 0.1) is 38.0 Å². The highest BCUT2D eigenvalue weighted by molar-refractivity contribution is 6.07. The standard InChI is InChI=1S/C20H17N3O7/c1-28-15-10-12(9-14(11-15)23(26)27)17-16(19(24)29-2)18(20(25)30-3)22(21-17)13-7-5-4-6-8-13/h4-11H,1-3H3. The van der Waals surface area contributed by atoms with Crippen LogP contribution in [0.4, 0.5) is 5.69 Å². The fourth-order valence-electron chi connectivity index (χ4n) is 2.90. The van der Waals surface area contributed by atoms with E-state index >= 15 is 0 Å². The summed E-state index contributed by atoms with van der Waals surface area (Å²) in [6.45, 7) is 0. The number of non-ortho nitro benzene ring substituents is 1. The molecule has 0 fully saturated rings. The van der Waals surface area contributed by atoms with E-state index in [1.54, 1.807) is 30.3 Å². The molecule has 0 aliphatic heterocycles. The molecular weight excluding hydrogens is 394 g/mol. The Hall–Kier alpha value is -4.21. The molecule has 0 amide bonds. The molecule has 1 aromatic heterocycles. The van der Waals surface area contributed by atoms with Crippen LogP contribution in [0, 0.1) is 10.1 Å². The normalized spacial score (nSPS) is 10.4. The van der Waals surface area contributed by atoms with Crippen LogP contribution in [0.15, 0.2) is 48.5 Å². The summed E-state index contributed by atoms with van der Waals surface area (Å²) >= 11 is 0. The summed E-state index contributed by atoms with van der Waals surface area (Å²) in [7, 11) is 3.68. The van der Waals surface area contributed by atoms with Gasteiger partial charge < -0.3 is 14.2 Å². The quantitative estimate of drug-likeness (QED) is 0.344. The van der Waals surface area contributed by atoms with E-state index in [9.17, 15) is 19.7 Å². The second kappa shape index (κ2) is 8.43. The Morgan fingerprint density at radius 3 is 2.23 bits per heavy atom. The summed E-state index contributed by atoms with van der Waals surface area (Å²) in [6, 6.07) is 12.5. The SMILES string of the molecule is COC(=O)c1c(-c2cc(OC)cc([N+](=O)[O-])c2)nn(-c2ccccc2)c1C(=O)OC. The fourth-order valence-corrected chi connectivity index (χ4v) is 2.90. The highest BCUT2D eigenvalue weighted by atomic mass is 16.6. The van der Waals surface area contributed by atoms with Crippen molar-refractivity contribution in [3.8, 4) is 22.7 Å². The number of nitro benzene ring substituents is 1. The molecule has 0 aliphatic rings. The Kier molecular flexibility index (Phi) is 5.77. The van der Waals surface area contributed by atoms with Crippen molar-refractivity contribution in [2.24, 2.45) is 0 Å². The molecule has 0 radical (unpaired) electrons. The van der Waals surface area contributed by atoms with Gasteiger partial charge in [-0.1, -0.05) is 18.2 Å². The lowest BCUT2D eigenvalue weighted by molar-refractivity contribution is -0.384. The summed E-state index contributed by atoms with van der Waals surface area (Å²) in [4.78, 5) is 35.9. The summed E-state index contributed by atoms with van der Waals surface area (Å²) in [5, 5.41) is 15.7. The molecule has 1 heterocycles. The third kappa shape index (κ3) is 3.70. The number of aromatic nitrogens is 2. The maximum atomic E-state index is 12.6. The van der Waals surface area contributed by atoms with Crippen molar-refractivity contribution in [3.63, 3.8) is 0 Å². The molecular formula is C20H17N3O7. The minimum Gasteiger partial charge on any atom is -0.496 e. The second-order valence-electron chi connectivity index (χ2n) is 5.98. The average molecular weight is 411 g/mol. The van der Waals surface area contributed by atoms with Gasteiger partial charge in [0.25, 0.3) is 5.69 Å². The molecule has 3 aromatic rings. The second-order valence-corrected chi connectivity index (χ2v) is 5.98. The van der Waals surface area contributed by atoms with Crippen LogP contribution in [-0.2, 0) is 9.47 Å². The minimum absolute atomic E-state index is 0.00750. The average Bonchev–Trinajstić information content (AvgIpc) is 3.18. The van der Waals surface area contributed by atoms with Crippen molar-refractivity contribution in [2.45, 2.75) is 0 Å². The van der Waals surface area contributed by atoms with Crippen LogP contribution in [0.3, 0.4) is 0 Å². The number of nitro groups is 1. The molecule has 0 unspecified atom stereocenters. The Balaban J connectivity index is 2.39. The monoisotopic (exact) mass is 411 g/mol. The number of hydrogen-bond acceptors (Lipinski definition) is 8. The van der Waals surface area contributed by atoms with Gasteiger partial charge in [0, 0.05) is 11.6 Å². The number of benzene rings is 2. The maximum absolute atomic E-state index is 12.6. The minimum atomic E-state index is -0.849. The van der Waals surface area contributed by atoms with Crippen LogP contribution in [0.2, 0.25) is 0 Å². The molecule has 10 nitrogen and oxygen atoms in total. The molecule has 30 heavy (non-hydrogen) atoms. The first kappa shape index (κ1) is 20.5. The fraction of sp³-hybridized carbons (Fsp3) is 0.150. The van der Waals surface area contributed by atoms with Gasteiger partial charge in [-0.3, -0.25) is 10.1 Å². The first-order valence-corrected chi connectivity index (χ1v) is 8.60. The number of carbonyl (C=O) groups excluding carboxylic acids is 2. The first-order chi connectivity index (χ1) is 14.4. The van der Waals surface area contributed by atoms with Gasteiger partial charge in [-0.25, -0.2) is 14.3 Å². The van der Waals surface area contributed by atoms with Crippen LogP contribution in [0.5, 0.6) is 5.75 Å². The maximum Gasteiger partial charge on any atom is 0.357 e. The van der Waals surface area contributed by atoms with E-state index in [1.165, 1.54) is 37.1 Å². The van der Waals surface area contributed by atoms with Crippen LogP contribution in [-0.4, -0.2) is 48.0 Å². The molecule has 0 N–H and O–H groups in total. The Labute approximate surface area is 170 Å². The topological polar surface area (TPSA) is 123 Å². The summed E-state index contributed by atoms with van der Waals surface area (Å²) in [5.74, 6) is -1.49. The summed E-state index contributed by atoms with van der Waals surface area (Å²) < 4.78 is 16.1. The summed E-state index contributed by atoms with van der Waals surface area (Å²) in [5.41, 5.74) is 0.0573. The number of nitrogens with zero attached hydrogens (tertiary/aromatic N) is 3. The molecule has 0 aliphatic carbocycles. The van der Waals surface area contributed by atoms with Gasteiger partial charge in [-0.15, -0.1) is 0 Å². The van der Waals surface area contributed by atoms with Crippen molar-refractivity contribution in [2.75, 3.05) is 21.3 Å². The molecule has 0 atom stereocenters. The predicted octanol–water partition coefficient (Wildman–Crippen LogP) is 3.03. The molecule has 154 valence electrons. The van der Waals surface area contributed by atoms with Gasteiger partial charge in [-0.05, 0) is 18.2 Å². The summed E-state index contributed by atoms with van der Waals surface area (Å²) in [6.07, 6.45) is 0. The molecule has 3 rings (SSSR count). The highest BCUT2D eigenvalue weighted by Gasteiger charge is 2.32. The van der Waals surface area contributed by atoms with Crippen LogP contribution >= 0.6 is 0 Å². The highest BCUT2D eigenvalue weighted by Crippen LogP contribution is 2.34. The van der Waals surface area contributed by atoms with Gasteiger partial charge in [-0.2, -0.15) is 5.10 Å². The van der Waals surface area contributed by atoms with Gasteiger partial charge in [0.1, 0.15) is 17.0 Å². The van der Waals surface area contributed by atoms with E-state index in [4.69, 9.17) is 14.2 Å². The third-order valence-electron chi connectivity index (χ3n) is 4.27. The Morgan fingerprint density at radius 1 is 1.00 bits per heavy atom. The van der Waals surface area contributed by atoms with Crippen LogP contribution in [0.25, 0.3) is 16.9 Å². The molecule has 2 aromatic carbocycles. The lowest BCUT2D eigenvalue weighted by Gasteiger charge is -2.07. The third-order valence-corrected chi connectivity index (χ3v) is 4.27. The lowest BCUT2D eigenvalue weighted by atomic mass is 10.0. The number of ether oxygens (including phenoxy) is 3. The molecule has 0 bridgehead atoms. The van der Waals surface area contributed by atoms with Crippen molar-refractivity contribution in [1.82, 2.24) is 9.78 Å². The smallest absolute Gasteiger partial charge is 0.357 e. The van der Waals surface area contributed by atoms with E-state index < -0.39 is 16.9 Å². The molecule has 0 spiro atoms. The number of hydrogen-bond donors (Lipinski definition) is 0. The van der Waals surface area contributed by atoms with Crippen molar-refractivity contribution in [3.05, 3.63) is 69.9 Å². The number of methoxy groups -OCH3 is 3. The van der Waals surface area contributed by atoms with E-state index in [1.807, 2.05) is 0 Å². The molecule has 0 saturated heterocycles. The lowest BCUT2D eigenvalue weighted by Crippen LogP contribution is -2.15. The van der Waals surface area contributed by atoms with E-state index in [0.717, 1.165) is 7.11 Å². The van der Waals surface area contributed by atoms with E-state index in [-0.39, 0.29) is 34.0 Å². The largest absolute Gasteiger partial charge is 0.496 e. The zero-order valence-corrected chi connectivity index (χ0v) is 16.3. The van der Waals surface area contributed by atoms with Gasteiger partial charge in [0.2, 0.25) is 0 Å². The number of carbonyl (C=O) groups is 2. The van der Waals surface area contributed by atoms with Gasteiger partial charge in [0.15, 0.2) is 5.69 Å². The Bertz CT molecular complexity index is 1120. The Morgan fingerprint density at radius 2 is 1.67 bits per heavy atom. The van der Waals surface area contributed by atoms with Crippen LogP contribution < -0.4 is 4.74 Å². The van der Waals surface area contributed by atoms with E-state index in [2.05, 4.69) is 5.10 Å². The van der Waals surface area contributed by atoms with Crippen molar-refractivity contribution >= 4 is 17.6 Å². The van der Waals surface area contributed by atoms with E-state index in [0.29, 0.717) is 5.69 Å². The molecule has 10 heteroatoms. The van der Waals surface area contributed by atoms with Crippen molar-refractivity contribution < 1.29 is 28.7 Å². The van der Waals surface area contributed by atoms with Crippen molar-refractivity contribution in [1.29, 1.82) is 0 Å². The zero-order chi connectivity index (χ0) is 21.8. The number of esters is 2. The number of rotatable bonds is 6.